The Kier molecular flexibility index (Phi) is 7.70. The molecule has 0 bridgehead atoms. The number of halogens is 1. The molecule has 0 aliphatic carbocycles. The van der Waals surface area contributed by atoms with E-state index in [9.17, 15) is 0 Å². The fraction of sp³-hybridized carbons (Fsp3) is 0.571. The first-order chi connectivity index (χ1) is 13.3. The molecule has 0 amide bonds. The van der Waals surface area contributed by atoms with Crippen molar-refractivity contribution in [2.24, 2.45) is 4.99 Å². The number of likely N-dealkylation sites (tertiary alicyclic amines) is 1. The lowest BCUT2D eigenvalue weighted by atomic mass is 9.99. The van der Waals surface area contributed by atoms with Crippen LogP contribution in [-0.4, -0.2) is 52.3 Å². The van der Waals surface area contributed by atoms with E-state index in [1.54, 1.807) is 0 Å². The number of guanidine groups is 1. The third kappa shape index (κ3) is 4.85. The normalized spacial score (nSPS) is 19.7. The van der Waals surface area contributed by atoms with E-state index < -0.39 is 0 Å². The average Bonchev–Trinajstić information content (AvgIpc) is 3.27. The number of aromatic nitrogens is 3. The summed E-state index contributed by atoms with van der Waals surface area (Å²) < 4.78 is 2.33. The molecule has 3 heterocycles. The Labute approximate surface area is 184 Å². The standard InChI is InChI=1S/C21H30N6.HI/c1-22-21(26-15-12-18(16-26)17-8-4-2-5-9-17)23-13-11-20-25-24-19-10-6-3-7-14-27(19)20;/h2,4-5,8-9,18H,3,6-7,10-16H2,1H3,(H,22,23);1H. The molecule has 0 spiro atoms. The van der Waals surface area contributed by atoms with Gasteiger partial charge >= 0.3 is 0 Å². The molecule has 6 nitrogen and oxygen atoms in total. The van der Waals surface area contributed by atoms with Gasteiger partial charge in [0.05, 0.1) is 0 Å². The van der Waals surface area contributed by atoms with Crippen LogP contribution in [0.25, 0.3) is 0 Å². The Morgan fingerprint density at radius 1 is 1.14 bits per heavy atom. The minimum Gasteiger partial charge on any atom is -0.356 e. The summed E-state index contributed by atoms with van der Waals surface area (Å²) in [6.45, 7) is 4.00. The van der Waals surface area contributed by atoms with E-state index in [0.29, 0.717) is 5.92 Å². The van der Waals surface area contributed by atoms with E-state index in [1.165, 1.54) is 31.2 Å². The molecule has 1 atom stereocenters. The van der Waals surface area contributed by atoms with Crippen molar-refractivity contribution in [1.29, 1.82) is 0 Å². The third-order valence-corrected chi connectivity index (χ3v) is 5.79. The molecule has 1 aromatic heterocycles. The van der Waals surface area contributed by atoms with Gasteiger partial charge in [0.1, 0.15) is 11.6 Å². The highest BCUT2D eigenvalue weighted by atomic mass is 127. The summed E-state index contributed by atoms with van der Waals surface area (Å²) in [5.74, 6) is 3.87. The maximum Gasteiger partial charge on any atom is 0.193 e. The summed E-state index contributed by atoms with van der Waals surface area (Å²) >= 11 is 0. The Hall–Kier alpha value is -1.64. The lowest BCUT2D eigenvalue weighted by Crippen LogP contribution is -2.41. The second kappa shape index (κ2) is 10.2. The van der Waals surface area contributed by atoms with E-state index in [1.807, 2.05) is 7.05 Å². The second-order valence-corrected chi connectivity index (χ2v) is 7.56. The summed E-state index contributed by atoms with van der Waals surface area (Å²) in [7, 11) is 1.88. The van der Waals surface area contributed by atoms with E-state index in [4.69, 9.17) is 0 Å². The van der Waals surface area contributed by atoms with E-state index in [0.717, 1.165) is 56.6 Å². The molecule has 1 unspecified atom stereocenters. The Bertz CT molecular complexity index is 772. The molecule has 2 aliphatic heterocycles. The number of nitrogens with one attached hydrogen (secondary N) is 1. The minimum atomic E-state index is 0. The predicted octanol–water partition coefficient (Wildman–Crippen LogP) is 3.23. The van der Waals surface area contributed by atoms with Crippen molar-refractivity contribution in [2.45, 2.75) is 51.0 Å². The van der Waals surface area contributed by atoms with Crippen LogP contribution in [0.2, 0.25) is 0 Å². The van der Waals surface area contributed by atoms with Crippen LogP contribution in [0.1, 0.15) is 48.8 Å². The van der Waals surface area contributed by atoms with Gasteiger partial charge in [-0.05, 0) is 24.8 Å². The van der Waals surface area contributed by atoms with Gasteiger partial charge in [0.15, 0.2) is 5.96 Å². The molecule has 4 rings (SSSR count). The van der Waals surface area contributed by atoms with Gasteiger partial charge in [-0.1, -0.05) is 36.8 Å². The molecule has 1 saturated heterocycles. The van der Waals surface area contributed by atoms with Crippen molar-refractivity contribution < 1.29 is 0 Å². The molecule has 1 N–H and O–H groups in total. The number of hydrogen-bond acceptors (Lipinski definition) is 3. The molecule has 2 aliphatic rings. The average molecular weight is 494 g/mol. The van der Waals surface area contributed by atoms with Crippen molar-refractivity contribution in [3.8, 4) is 0 Å². The number of benzene rings is 1. The van der Waals surface area contributed by atoms with Gasteiger partial charge in [0, 0.05) is 52.0 Å². The maximum absolute atomic E-state index is 4.51. The highest BCUT2D eigenvalue weighted by molar-refractivity contribution is 14.0. The van der Waals surface area contributed by atoms with Crippen LogP contribution in [0.5, 0.6) is 0 Å². The van der Waals surface area contributed by atoms with Gasteiger partial charge in [-0.25, -0.2) is 0 Å². The zero-order valence-corrected chi connectivity index (χ0v) is 19.0. The van der Waals surface area contributed by atoms with E-state index in [-0.39, 0.29) is 24.0 Å². The predicted molar refractivity (Wildman–Crippen MR) is 123 cm³/mol. The molecule has 7 heteroatoms. The van der Waals surface area contributed by atoms with E-state index >= 15 is 0 Å². The number of aliphatic imine (C=N–C) groups is 1. The summed E-state index contributed by atoms with van der Waals surface area (Å²) in [4.78, 5) is 6.89. The maximum atomic E-state index is 4.51. The number of hydrogen-bond donors (Lipinski definition) is 1. The molecule has 0 radical (unpaired) electrons. The molecule has 28 heavy (non-hydrogen) atoms. The van der Waals surface area contributed by atoms with Crippen LogP contribution in [-0.2, 0) is 19.4 Å². The summed E-state index contributed by atoms with van der Waals surface area (Å²) in [6.07, 6.45) is 6.91. The van der Waals surface area contributed by atoms with Gasteiger partial charge in [-0.2, -0.15) is 0 Å². The summed E-state index contributed by atoms with van der Waals surface area (Å²) in [5, 5.41) is 12.4. The van der Waals surface area contributed by atoms with Crippen molar-refractivity contribution in [3.63, 3.8) is 0 Å². The largest absolute Gasteiger partial charge is 0.356 e. The second-order valence-electron chi connectivity index (χ2n) is 7.56. The number of aryl methyl sites for hydroxylation is 1. The van der Waals surface area contributed by atoms with Crippen LogP contribution >= 0.6 is 24.0 Å². The number of rotatable bonds is 4. The highest BCUT2D eigenvalue weighted by Gasteiger charge is 2.25. The van der Waals surface area contributed by atoms with Gasteiger partial charge in [0.25, 0.3) is 0 Å². The first kappa shape index (κ1) is 21.1. The van der Waals surface area contributed by atoms with Gasteiger partial charge in [-0.3, -0.25) is 4.99 Å². The Balaban J connectivity index is 0.00000225. The summed E-state index contributed by atoms with van der Waals surface area (Å²) in [5.41, 5.74) is 1.43. The third-order valence-electron chi connectivity index (χ3n) is 5.79. The Morgan fingerprint density at radius 3 is 2.82 bits per heavy atom. The van der Waals surface area contributed by atoms with Crippen molar-refractivity contribution in [3.05, 3.63) is 47.5 Å². The van der Waals surface area contributed by atoms with Gasteiger partial charge in [-0.15, -0.1) is 34.2 Å². The van der Waals surface area contributed by atoms with Crippen molar-refractivity contribution >= 4 is 29.9 Å². The first-order valence-corrected chi connectivity index (χ1v) is 10.3. The van der Waals surface area contributed by atoms with Crippen molar-refractivity contribution in [1.82, 2.24) is 25.0 Å². The Morgan fingerprint density at radius 2 is 2.00 bits per heavy atom. The first-order valence-electron chi connectivity index (χ1n) is 10.3. The molecule has 1 fully saturated rings. The number of nitrogens with zero attached hydrogens (tertiary/aromatic N) is 5. The van der Waals surface area contributed by atoms with Crippen LogP contribution < -0.4 is 5.32 Å². The topological polar surface area (TPSA) is 58.3 Å². The van der Waals surface area contributed by atoms with Crippen LogP contribution in [0.3, 0.4) is 0 Å². The smallest absolute Gasteiger partial charge is 0.193 e. The van der Waals surface area contributed by atoms with E-state index in [2.05, 4.69) is 60.3 Å². The molecule has 1 aromatic carbocycles. The molecule has 2 aromatic rings. The monoisotopic (exact) mass is 494 g/mol. The van der Waals surface area contributed by atoms with Gasteiger partial charge in [0.2, 0.25) is 0 Å². The van der Waals surface area contributed by atoms with Crippen LogP contribution in [0.4, 0.5) is 0 Å². The van der Waals surface area contributed by atoms with Crippen molar-refractivity contribution in [2.75, 3.05) is 26.7 Å². The highest BCUT2D eigenvalue weighted by Crippen LogP contribution is 2.26. The fourth-order valence-corrected chi connectivity index (χ4v) is 4.30. The van der Waals surface area contributed by atoms with Crippen LogP contribution in [0, 0.1) is 0 Å². The SMILES string of the molecule is CN=C(NCCc1nnc2n1CCCCC2)N1CCC(c2ccccc2)C1.I. The molecular formula is C21H31IN6. The molecule has 152 valence electrons. The molecule has 0 saturated carbocycles. The van der Waals surface area contributed by atoms with Crippen LogP contribution in [0.15, 0.2) is 35.3 Å². The molecular weight excluding hydrogens is 463 g/mol. The zero-order valence-electron chi connectivity index (χ0n) is 16.7. The lowest BCUT2D eigenvalue weighted by molar-refractivity contribution is 0.485. The summed E-state index contributed by atoms with van der Waals surface area (Å²) in [6, 6.07) is 10.8. The quantitative estimate of drug-likeness (QED) is 0.403. The van der Waals surface area contributed by atoms with Gasteiger partial charge < -0.3 is 14.8 Å². The number of fused-ring (bicyclic) bond motifs is 1. The zero-order chi connectivity index (χ0) is 18.5. The fourth-order valence-electron chi connectivity index (χ4n) is 4.30. The lowest BCUT2D eigenvalue weighted by Gasteiger charge is -2.22. The minimum absolute atomic E-state index is 0.